The maximum absolute atomic E-state index is 7.04. The molecule has 0 aromatic rings. The van der Waals surface area contributed by atoms with Crippen LogP contribution in [0, 0.1) is 0 Å². The molecule has 0 aliphatic heterocycles. The number of unbranched alkanes of at least 4 members (excludes halogenated alkanes) is 12. The average molecular weight is 402 g/mol. The highest BCUT2D eigenvalue weighted by molar-refractivity contribution is 6.32. The topological polar surface area (TPSA) is 0 Å². The Hall–Kier alpha value is 0.0600. The molecule has 0 aromatic heterocycles. The van der Waals surface area contributed by atoms with Gasteiger partial charge in [-0.15, -0.1) is 11.6 Å². The van der Waals surface area contributed by atoms with Gasteiger partial charge in [0.25, 0.3) is 0 Å². The molecule has 1 aliphatic carbocycles. The van der Waals surface area contributed by atoms with Gasteiger partial charge in [0.1, 0.15) is 0 Å². The van der Waals surface area contributed by atoms with E-state index in [1.54, 1.807) is 0 Å². The second-order valence-electron chi connectivity index (χ2n) is 8.17. The third-order valence-electron chi connectivity index (χ3n) is 5.73. The van der Waals surface area contributed by atoms with Crippen LogP contribution >= 0.6 is 23.2 Å². The van der Waals surface area contributed by atoms with Gasteiger partial charge in [0, 0.05) is 5.03 Å². The van der Waals surface area contributed by atoms with Gasteiger partial charge >= 0.3 is 0 Å². The van der Waals surface area contributed by atoms with Crippen LogP contribution in [0.1, 0.15) is 123 Å². The van der Waals surface area contributed by atoms with Gasteiger partial charge in [-0.1, -0.05) is 115 Å². The molecule has 1 unspecified atom stereocenters. The van der Waals surface area contributed by atoms with E-state index >= 15 is 0 Å². The number of hydrogen-bond donors (Lipinski definition) is 0. The van der Waals surface area contributed by atoms with Crippen molar-refractivity contribution in [2.24, 2.45) is 0 Å². The standard InChI is InChI=1S/C24H42Cl2/c1-3-5-7-9-10-11-12-13-14-15-17-22-21-23(25)18-20-24(22,26)19-16-8-6-4-2/h18,21H,3-17,19-20H2,1-2H3. The van der Waals surface area contributed by atoms with Crippen LogP contribution in [0.2, 0.25) is 0 Å². The lowest BCUT2D eigenvalue weighted by molar-refractivity contribution is 0.511. The third-order valence-corrected chi connectivity index (χ3v) is 6.58. The Balaban J connectivity index is 2.21. The van der Waals surface area contributed by atoms with E-state index in [2.05, 4.69) is 26.0 Å². The van der Waals surface area contributed by atoms with Crippen molar-refractivity contribution in [2.75, 3.05) is 0 Å². The van der Waals surface area contributed by atoms with E-state index in [1.807, 2.05) is 0 Å². The van der Waals surface area contributed by atoms with E-state index in [9.17, 15) is 0 Å². The average Bonchev–Trinajstić information content (AvgIpc) is 2.63. The van der Waals surface area contributed by atoms with Gasteiger partial charge in [-0.3, -0.25) is 0 Å². The van der Waals surface area contributed by atoms with Crippen LogP contribution in [-0.2, 0) is 0 Å². The molecule has 0 aromatic carbocycles. The van der Waals surface area contributed by atoms with Crippen molar-refractivity contribution in [2.45, 2.75) is 128 Å². The van der Waals surface area contributed by atoms with Gasteiger partial charge in [-0.25, -0.2) is 0 Å². The van der Waals surface area contributed by atoms with Gasteiger partial charge in [-0.05, 0) is 37.3 Å². The van der Waals surface area contributed by atoms with Crippen molar-refractivity contribution >= 4 is 23.2 Å². The minimum absolute atomic E-state index is 0.161. The molecule has 0 radical (unpaired) electrons. The highest BCUT2D eigenvalue weighted by Crippen LogP contribution is 2.42. The summed E-state index contributed by atoms with van der Waals surface area (Å²) in [6.07, 6.45) is 26.3. The summed E-state index contributed by atoms with van der Waals surface area (Å²) >= 11 is 13.3. The summed E-state index contributed by atoms with van der Waals surface area (Å²) in [5.74, 6) is 0. The zero-order valence-electron chi connectivity index (χ0n) is 17.4. The first-order valence-corrected chi connectivity index (χ1v) is 12.1. The lowest BCUT2D eigenvalue weighted by Crippen LogP contribution is -2.26. The van der Waals surface area contributed by atoms with Crippen LogP contribution < -0.4 is 0 Å². The first kappa shape index (κ1) is 24.1. The molecule has 0 spiro atoms. The van der Waals surface area contributed by atoms with E-state index in [4.69, 9.17) is 23.2 Å². The fourth-order valence-electron chi connectivity index (χ4n) is 3.94. The number of hydrogen-bond acceptors (Lipinski definition) is 0. The van der Waals surface area contributed by atoms with E-state index in [1.165, 1.54) is 95.5 Å². The summed E-state index contributed by atoms with van der Waals surface area (Å²) in [5.41, 5.74) is 1.39. The van der Waals surface area contributed by atoms with Gasteiger partial charge in [0.05, 0.1) is 4.87 Å². The molecule has 1 aliphatic rings. The minimum atomic E-state index is -0.161. The van der Waals surface area contributed by atoms with Gasteiger partial charge in [0.2, 0.25) is 0 Å². The molecular formula is C24H42Cl2. The first-order chi connectivity index (χ1) is 12.6. The normalized spacial score (nSPS) is 20.2. The predicted molar refractivity (Wildman–Crippen MR) is 120 cm³/mol. The van der Waals surface area contributed by atoms with Crippen LogP contribution in [-0.4, -0.2) is 4.87 Å². The summed E-state index contributed by atoms with van der Waals surface area (Å²) in [4.78, 5) is -0.161. The molecule has 1 rings (SSSR count). The zero-order chi connectivity index (χ0) is 19.1. The number of halogens is 2. The van der Waals surface area contributed by atoms with Gasteiger partial charge in [0.15, 0.2) is 0 Å². The maximum atomic E-state index is 7.04. The van der Waals surface area contributed by atoms with Crippen molar-refractivity contribution in [3.63, 3.8) is 0 Å². The Morgan fingerprint density at radius 1 is 0.769 bits per heavy atom. The van der Waals surface area contributed by atoms with Gasteiger partial charge in [-0.2, -0.15) is 0 Å². The molecule has 1 atom stereocenters. The predicted octanol–water partition coefficient (Wildman–Crippen LogP) is 9.70. The highest BCUT2D eigenvalue weighted by atomic mass is 35.5. The summed E-state index contributed by atoms with van der Waals surface area (Å²) < 4.78 is 0. The van der Waals surface area contributed by atoms with Crippen molar-refractivity contribution in [1.82, 2.24) is 0 Å². The molecule has 2 heteroatoms. The summed E-state index contributed by atoms with van der Waals surface area (Å²) in [7, 11) is 0. The van der Waals surface area contributed by atoms with Crippen LogP contribution in [0.15, 0.2) is 22.8 Å². The summed E-state index contributed by atoms with van der Waals surface area (Å²) in [6, 6.07) is 0. The fourth-order valence-corrected chi connectivity index (χ4v) is 4.51. The van der Waals surface area contributed by atoms with Crippen LogP contribution in [0.3, 0.4) is 0 Å². The Morgan fingerprint density at radius 3 is 1.85 bits per heavy atom. The second-order valence-corrected chi connectivity index (χ2v) is 9.33. The molecule has 0 nitrogen and oxygen atoms in total. The second kappa shape index (κ2) is 15.0. The largest absolute Gasteiger partial charge is 0.114 e. The summed E-state index contributed by atoms with van der Waals surface area (Å²) in [6.45, 7) is 4.54. The van der Waals surface area contributed by atoms with E-state index < -0.39 is 0 Å². The molecule has 0 fully saturated rings. The van der Waals surface area contributed by atoms with Gasteiger partial charge < -0.3 is 0 Å². The van der Waals surface area contributed by atoms with E-state index in [0.717, 1.165) is 24.3 Å². The van der Waals surface area contributed by atoms with Crippen molar-refractivity contribution in [3.05, 3.63) is 22.8 Å². The molecule has 0 N–H and O–H groups in total. The quantitative estimate of drug-likeness (QED) is 0.178. The Labute approximate surface area is 173 Å². The lowest BCUT2D eigenvalue weighted by Gasteiger charge is -2.32. The molecule has 26 heavy (non-hydrogen) atoms. The van der Waals surface area contributed by atoms with Crippen molar-refractivity contribution in [1.29, 1.82) is 0 Å². The number of alkyl halides is 1. The molecule has 0 bridgehead atoms. The summed E-state index contributed by atoms with van der Waals surface area (Å²) in [5, 5.41) is 0.886. The van der Waals surface area contributed by atoms with Crippen LogP contribution in [0.25, 0.3) is 0 Å². The van der Waals surface area contributed by atoms with Crippen LogP contribution in [0.5, 0.6) is 0 Å². The Bertz CT molecular complexity index is 410. The SMILES string of the molecule is CCCCCCCCCCCCC1=CC(Cl)=CCC1(Cl)CCCCCC. The molecular weight excluding hydrogens is 359 g/mol. The monoisotopic (exact) mass is 400 g/mol. The van der Waals surface area contributed by atoms with Crippen molar-refractivity contribution in [3.8, 4) is 0 Å². The zero-order valence-corrected chi connectivity index (χ0v) is 18.9. The van der Waals surface area contributed by atoms with Crippen molar-refractivity contribution < 1.29 is 0 Å². The van der Waals surface area contributed by atoms with Crippen LogP contribution in [0.4, 0.5) is 0 Å². The lowest BCUT2D eigenvalue weighted by atomic mass is 9.83. The maximum Gasteiger partial charge on any atom is 0.0693 e. The smallest absolute Gasteiger partial charge is 0.0693 e. The molecule has 0 amide bonds. The Kier molecular flexibility index (Phi) is 13.9. The molecule has 152 valence electrons. The van der Waals surface area contributed by atoms with E-state index in [0.29, 0.717) is 0 Å². The molecule has 0 saturated heterocycles. The van der Waals surface area contributed by atoms with E-state index in [-0.39, 0.29) is 4.87 Å². The fraction of sp³-hybridized carbons (Fsp3) is 0.833. The molecule has 0 saturated carbocycles. The highest BCUT2D eigenvalue weighted by Gasteiger charge is 2.32. The first-order valence-electron chi connectivity index (χ1n) is 11.4. The minimum Gasteiger partial charge on any atom is -0.114 e. The molecule has 0 heterocycles. The third kappa shape index (κ3) is 10.4. The number of allylic oxidation sites excluding steroid dienone is 4. The number of rotatable bonds is 16. The Morgan fingerprint density at radius 2 is 1.27 bits per heavy atom.